The van der Waals surface area contributed by atoms with Crippen molar-refractivity contribution in [3.05, 3.63) is 52.9 Å². The second-order valence-electron chi connectivity index (χ2n) is 11.2. The summed E-state index contributed by atoms with van der Waals surface area (Å²) in [6.07, 6.45) is 5.25. The lowest BCUT2D eigenvalue weighted by Crippen LogP contribution is -2.74. The molecule has 9 nitrogen and oxygen atoms in total. The van der Waals surface area contributed by atoms with Gasteiger partial charge in [0.2, 0.25) is 0 Å². The molecule has 1 N–H and O–H groups in total. The highest BCUT2D eigenvalue weighted by Gasteiger charge is 2.69. The van der Waals surface area contributed by atoms with Crippen molar-refractivity contribution in [2.24, 2.45) is 5.41 Å². The van der Waals surface area contributed by atoms with Crippen molar-refractivity contribution in [3.8, 4) is 0 Å². The van der Waals surface area contributed by atoms with Crippen molar-refractivity contribution < 1.29 is 23.5 Å². The number of likely N-dealkylation sites (tertiary alicyclic amines) is 1. The lowest BCUT2D eigenvalue weighted by Gasteiger charge is -2.68. The number of ether oxygens (including phenoxy) is 2. The third-order valence-corrected chi connectivity index (χ3v) is 9.55. The summed E-state index contributed by atoms with van der Waals surface area (Å²) in [5.74, 6) is 0.713. The molecule has 3 heterocycles. The van der Waals surface area contributed by atoms with E-state index in [-0.39, 0.29) is 18.0 Å². The second kappa shape index (κ2) is 9.55. The fourth-order valence-electron chi connectivity index (χ4n) is 7.84. The summed E-state index contributed by atoms with van der Waals surface area (Å²) in [7, 11) is 2.77. The van der Waals surface area contributed by atoms with Gasteiger partial charge in [-0.15, -0.1) is 0 Å². The highest BCUT2D eigenvalue weighted by molar-refractivity contribution is 5.68. The molecule has 3 fully saturated rings. The number of imidazole rings is 1. The molecule has 1 aromatic carbocycles. The van der Waals surface area contributed by atoms with Gasteiger partial charge in [0.1, 0.15) is 11.6 Å². The summed E-state index contributed by atoms with van der Waals surface area (Å²) in [5, 5.41) is 2.90. The maximum atomic E-state index is 13.9. The van der Waals surface area contributed by atoms with Gasteiger partial charge in [-0.2, -0.15) is 0 Å². The van der Waals surface area contributed by atoms with Crippen LogP contribution in [0.1, 0.15) is 67.0 Å². The van der Waals surface area contributed by atoms with Gasteiger partial charge in [-0.25, -0.2) is 19.0 Å². The summed E-state index contributed by atoms with van der Waals surface area (Å²) in [4.78, 5) is 33.5. The zero-order chi connectivity index (χ0) is 26.6. The van der Waals surface area contributed by atoms with Crippen LogP contribution in [-0.2, 0) is 22.4 Å². The second-order valence-corrected chi connectivity index (χ2v) is 11.2. The number of hydrogen-bond acceptors (Lipinski definition) is 6. The summed E-state index contributed by atoms with van der Waals surface area (Å²) in [6.45, 7) is 4.08. The average molecular weight is 526 g/mol. The van der Waals surface area contributed by atoms with Gasteiger partial charge in [0.15, 0.2) is 0 Å². The molecule has 2 saturated carbocycles. The number of carbonyl (C=O) groups is 2. The Balaban J connectivity index is 1.18. The Kier molecular flexibility index (Phi) is 6.32. The molecule has 1 saturated heterocycles. The van der Waals surface area contributed by atoms with Crippen LogP contribution >= 0.6 is 0 Å². The summed E-state index contributed by atoms with van der Waals surface area (Å²) >= 11 is 0. The predicted octanol–water partition coefficient (Wildman–Crippen LogP) is 4.11. The number of fused-ring (bicyclic) bond motifs is 1. The highest BCUT2D eigenvalue weighted by atomic mass is 19.1. The van der Waals surface area contributed by atoms with E-state index in [9.17, 15) is 14.0 Å². The monoisotopic (exact) mass is 525 g/mol. The Hall–Kier alpha value is -3.14. The van der Waals surface area contributed by atoms with Crippen LogP contribution < -0.4 is 5.32 Å². The van der Waals surface area contributed by atoms with E-state index in [2.05, 4.69) is 21.7 Å². The predicted molar refractivity (Wildman–Crippen MR) is 137 cm³/mol. The number of nitrogens with zero attached hydrogens (tertiary/aromatic N) is 4. The van der Waals surface area contributed by atoms with E-state index in [0.29, 0.717) is 43.1 Å². The Morgan fingerprint density at radius 3 is 2.82 bits per heavy atom. The van der Waals surface area contributed by atoms with Crippen molar-refractivity contribution in [1.29, 1.82) is 0 Å². The molecule has 6 rings (SSSR count). The number of aromatic nitrogens is 2. The van der Waals surface area contributed by atoms with Crippen molar-refractivity contribution >= 4 is 12.2 Å². The van der Waals surface area contributed by atoms with Crippen molar-refractivity contribution in [2.75, 3.05) is 27.3 Å². The number of alkyl carbamates (subject to hydrolysis) is 1. The quantitative estimate of drug-likeness (QED) is 0.611. The van der Waals surface area contributed by atoms with Crippen molar-refractivity contribution in [2.45, 2.75) is 76.2 Å². The van der Waals surface area contributed by atoms with Crippen LogP contribution in [0.2, 0.25) is 0 Å². The van der Waals surface area contributed by atoms with Gasteiger partial charge in [-0.3, -0.25) is 4.90 Å². The molecule has 4 aliphatic rings. The molecule has 2 aliphatic carbocycles. The first-order valence-corrected chi connectivity index (χ1v) is 13.6. The molecular weight excluding hydrogens is 489 g/mol. The number of methoxy groups -OCH3 is 2. The molecule has 4 unspecified atom stereocenters. The SMILES string of the molecule is COC(=O)N[C@@H](CCN1C2CCC23CC(n2c(C)nc4c2CN(C(=O)OC)CC4)CC13)c1cccc(F)c1. The maximum Gasteiger partial charge on any atom is 0.409 e. The first-order chi connectivity index (χ1) is 18.3. The van der Waals surface area contributed by atoms with Crippen LogP contribution in [0.4, 0.5) is 14.0 Å². The molecule has 1 spiro atoms. The van der Waals surface area contributed by atoms with Gasteiger partial charge in [0.25, 0.3) is 0 Å². The topological polar surface area (TPSA) is 88.9 Å². The summed E-state index contributed by atoms with van der Waals surface area (Å²) in [5.41, 5.74) is 3.34. The molecule has 204 valence electrons. The van der Waals surface area contributed by atoms with E-state index in [1.165, 1.54) is 39.2 Å². The zero-order valence-electron chi connectivity index (χ0n) is 22.3. The minimum Gasteiger partial charge on any atom is -0.453 e. The van der Waals surface area contributed by atoms with E-state index in [1.807, 2.05) is 6.07 Å². The lowest BCUT2D eigenvalue weighted by molar-refractivity contribution is -0.188. The number of rotatable bonds is 6. The standard InChI is InChI=1S/C28H36FN5O4/c1-17-30-22-8-11-32(27(36)38-3)16-23(22)34(17)20-14-25-28(15-20)10-7-24(28)33(25)12-9-21(31-26(35)37-2)18-5-4-6-19(29)13-18/h4-6,13,20-21,24-25H,7-12,14-16H2,1-3H3,(H,31,35)/t20?,21-,24?,25?,28?/m0/s1. The minimum atomic E-state index is -0.511. The Morgan fingerprint density at radius 2 is 2.11 bits per heavy atom. The first kappa shape index (κ1) is 25.2. The van der Waals surface area contributed by atoms with Gasteiger partial charge >= 0.3 is 12.2 Å². The molecule has 0 radical (unpaired) electrons. The highest BCUT2D eigenvalue weighted by Crippen LogP contribution is 2.67. The molecule has 2 aliphatic heterocycles. The molecule has 0 bridgehead atoms. The number of nitrogens with one attached hydrogen (secondary N) is 1. The van der Waals surface area contributed by atoms with Crippen LogP contribution in [0.25, 0.3) is 0 Å². The first-order valence-electron chi connectivity index (χ1n) is 13.6. The van der Waals surface area contributed by atoms with Crippen LogP contribution in [0.5, 0.6) is 0 Å². The van der Waals surface area contributed by atoms with Gasteiger partial charge in [-0.05, 0) is 56.7 Å². The number of halogens is 1. The minimum absolute atomic E-state index is 0.287. The Morgan fingerprint density at radius 1 is 1.26 bits per heavy atom. The van der Waals surface area contributed by atoms with Crippen molar-refractivity contribution in [1.82, 2.24) is 24.7 Å². The van der Waals surface area contributed by atoms with E-state index in [4.69, 9.17) is 14.5 Å². The summed E-state index contributed by atoms with van der Waals surface area (Å²) in [6, 6.07) is 7.49. The number of hydrogen-bond donors (Lipinski definition) is 1. The van der Waals surface area contributed by atoms with Crippen LogP contribution in [-0.4, -0.2) is 70.9 Å². The molecule has 5 atom stereocenters. The van der Waals surface area contributed by atoms with Crippen molar-refractivity contribution in [3.63, 3.8) is 0 Å². The van der Waals surface area contributed by atoms with Gasteiger partial charge < -0.3 is 24.3 Å². The van der Waals surface area contributed by atoms with E-state index in [1.54, 1.807) is 11.0 Å². The number of benzene rings is 1. The molecule has 1 aromatic heterocycles. The average Bonchev–Trinajstić information content (AvgIpc) is 3.45. The van der Waals surface area contributed by atoms with E-state index >= 15 is 0 Å². The molecule has 2 amide bonds. The Labute approximate surface area is 222 Å². The lowest BCUT2D eigenvalue weighted by atomic mass is 9.53. The number of amides is 2. The summed E-state index contributed by atoms with van der Waals surface area (Å²) < 4.78 is 26.2. The maximum absolute atomic E-state index is 13.9. The Bertz CT molecular complexity index is 1250. The van der Waals surface area contributed by atoms with Gasteiger partial charge in [0.05, 0.1) is 38.2 Å². The third-order valence-electron chi connectivity index (χ3n) is 9.55. The third kappa shape index (κ3) is 3.95. The number of aryl methyl sites for hydroxylation is 1. The molecule has 2 aromatic rings. The number of piperidine rings is 1. The van der Waals surface area contributed by atoms with Gasteiger partial charge in [-0.1, -0.05) is 12.1 Å². The number of carbonyl (C=O) groups excluding carboxylic acids is 2. The van der Waals surface area contributed by atoms with Gasteiger partial charge in [0, 0.05) is 43.1 Å². The fourth-order valence-corrected chi connectivity index (χ4v) is 7.84. The molecule has 10 heteroatoms. The fraction of sp³-hybridized carbons (Fsp3) is 0.607. The normalized spacial score (nSPS) is 28.3. The van der Waals surface area contributed by atoms with E-state index in [0.717, 1.165) is 48.6 Å². The molecular formula is C28H36FN5O4. The van der Waals surface area contributed by atoms with Crippen LogP contribution in [0, 0.1) is 18.2 Å². The molecule has 38 heavy (non-hydrogen) atoms. The van der Waals surface area contributed by atoms with Crippen LogP contribution in [0.3, 0.4) is 0 Å². The zero-order valence-corrected chi connectivity index (χ0v) is 22.3. The van der Waals surface area contributed by atoms with Crippen LogP contribution in [0.15, 0.2) is 24.3 Å². The smallest absolute Gasteiger partial charge is 0.409 e. The largest absolute Gasteiger partial charge is 0.453 e. The van der Waals surface area contributed by atoms with E-state index < -0.39 is 6.09 Å².